The second-order valence-corrected chi connectivity index (χ2v) is 6.28. The van der Waals surface area contributed by atoms with Gasteiger partial charge in [0, 0.05) is 42.2 Å². The molecule has 1 aromatic rings. The van der Waals surface area contributed by atoms with E-state index in [4.69, 9.17) is 21.1 Å². The summed E-state index contributed by atoms with van der Waals surface area (Å²) in [5.74, 6) is 0.619. The van der Waals surface area contributed by atoms with Crippen molar-refractivity contribution in [2.45, 2.75) is 25.5 Å². The number of carbonyl (C=O) groups is 1. The normalized spacial score (nSPS) is 30.6. The maximum Gasteiger partial charge on any atom is 0.251 e. The van der Waals surface area contributed by atoms with Crippen LogP contribution in [-0.2, 0) is 9.47 Å². The lowest BCUT2D eigenvalue weighted by Gasteiger charge is -2.47. The molecule has 4 atom stereocenters. The van der Waals surface area contributed by atoms with E-state index in [1.165, 1.54) is 0 Å². The predicted octanol–water partition coefficient (Wildman–Crippen LogP) is 2.43. The van der Waals surface area contributed by atoms with Crippen molar-refractivity contribution in [3.63, 3.8) is 0 Å². The van der Waals surface area contributed by atoms with E-state index in [1.54, 1.807) is 19.2 Å². The molecule has 1 saturated carbocycles. The molecule has 3 rings (SSSR count). The summed E-state index contributed by atoms with van der Waals surface area (Å²) in [6.07, 6.45) is 1.25. The summed E-state index contributed by atoms with van der Waals surface area (Å²) in [6.45, 7) is 3.30. The van der Waals surface area contributed by atoms with Crippen molar-refractivity contribution in [3.05, 3.63) is 34.3 Å². The number of hydrogen-bond acceptors (Lipinski definition) is 3. The molecular weight excluding hydrogens is 290 g/mol. The molecule has 1 saturated heterocycles. The second-order valence-electron chi connectivity index (χ2n) is 5.87. The van der Waals surface area contributed by atoms with E-state index < -0.39 is 0 Å². The van der Waals surface area contributed by atoms with Gasteiger partial charge in [-0.2, -0.15) is 0 Å². The van der Waals surface area contributed by atoms with E-state index in [9.17, 15) is 4.79 Å². The molecule has 4 nitrogen and oxygen atoms in total. The number of rotatable bonds is 4. The minimum Gasteiger partial charge on any atom is -0.384 e. The molecule has 5 heteroatoms. The van der Waals surface area contributed by atoms with Crippen molar-refractivity contribution in [1.82, 2.24) is 5.32 Å². The number of halogens is 1. The zero-order valence-corrected chi connectivity index (χ0v) is 13.0. The van der Waals surface area contributed by atoms with Crippen LogP contribution in [0.1, 0.15) is 22.3 Å². The number of hydrogen-bond donors (Lipinski definition) is 1. The summed E-state index contributed by atoms with van der Waals surface area (Å²) in [5.41, 5.74) is 1.56. The first-order valence-electron chi connectivity index (χ1n) is 7.29. The van der Waals surface area contributed by atoms with Gasteiger partial charge in [0.05, 0.1) is 12.7 Å². The lowest BCUT2D eigenvalue weighted by atomic mass is 9.67. The fourth-order valence-electron chi connectivity index (χ4n) is 3.46. The lowest BCUT2D eigenvalue weighted by molar-refractivity contribution is -0.0809. The number of aryl methyl sites for hydroxylation is 1. The molecule has 1 N–H and O–H groups in total. The lowest BCUT2D eigenvalue weighted by Crippen LogP contribution is -2.62. The highest BCUT2D eigenvalue weighted by Gasteiger charge is 2.54. The maximum absolute atomic E-state index is 12.4. The third-order valence-electron chi connectivity index (χ3n) is 4.61. The van der Waals surface area contributed by atoms with E-state index in [2.05, 4.69) is 5.32 Å². The number of nitrogens with one attached hydrogen (secondary N) is 1. The van der Waals surface area contributed by atoms with Gasteiger partial charge in [0.1, 0.15) is 0 Å². The minimum atomic E-state index is -0.0498. The molecule has 0 radical (unpaired) electrons. The molecule has 1 aliphatic heterocycles. The fourth-order valence-corrected chi connectivity index (χ4v) is 3.57. The average Bonchev–Trinajstić information content (AvgIpc) is 2.89. The molecule has 1 heterocycles. The van der Waals surface area contributed by atoms with Crippen LogP contribution in [0.3, 0.4) is 0 Å². The van der Waals surface area contributed by atoms with Gasteiger partial charge in [-0.05, 0) is 37.1 Å². The van der Waals surface area contributed by atoms with Gasteiger partial charge in [-0.25, -0.2) is 0 Å². The Balaban J connectivity index is 1.70. The molecule has 114 valence electrons. The standard InChI is InChI=1S/C16H20ClNO3/c1-9-7-10(3-4-13(9)17)16(19)18-14-11-5-6-21-15(11)12(14)8-20-2/h3-4,7,11-12,14-15H,5-6,8H2,1-2H3,(H,18,19)/t11-,12+,14+,15-/m0/s1. The molecule has 21 heavy (non-hydrogen) atoms. The highest BCUT2D eigenvalue weighted by molar-refractivity contribution is 6.31. The highest BCUT2D eigenvalue weighted by atomic mass is 35.5. The van der Waals surface area contributed by atoms with Crippen LogP contribution >= 0.6 is 11.6 Å². The Hall–Kier alpha value is -1.10. The SMILES string of the molecule is COC[C@@H]1[C@H](NC(=O)c2ccc(Cl)c(C)c2)[C@@H]2CCO[C@H]12. The Morgan fingerprint density at radius 1 is 1.52 bits per heavy atom. The molecule has 2 aliphatic rings. The summed E-state index contributed by atoms with van der Waals surface area (Å²) in [6, 6.07) is 5.49. The molecule has 0 spiro atoms. The van der Waals surface area contributed by atoms with Crippen molar-refractivity contribution in [2.24, 2.45) is 11.8 Å². The van der Waals surface area contributed by atoms with Gasteiger partial charge in [0.15, 0.2) is 0 Å². The monoisotopic (exact) mass is 309 g/mol. The van der Waals surface area contributed by atoms with Crippen molar-refractivity contribution in [2.75, 3.05) is 20.3 Å². The number of methoxy groups -OCH3 is 1. The third kappa shape index (κ3) is 2.68. The molecule has 1 aliphatic carbocycles. The molecular formula is C16H20ClNO3. The molecule has 1 amide bonds. The van der Waals surface area contributed by atoms with Gasteiger partial charge >= 0.3 is 0 Å². The number of ether oxygens (including phenoxy) is 2. The Morgan fingerprint density at radius 3 is 3.05 bits per heavy atom. The minimum absolute atomic E-state index is 0.0498. The van der Waals surface area contributed by atoms with E-state index in [0.717, 1.165) is 18.6 Å². The topological polar surface area (TPSA) is 47.6 Å². The second kappa shape index (κ2) is 5.95. The van der Waals surface area contributed by atoms with Crippen LogP contribution in [0.25, 0.3) is 0 Å². The first-order chi connectivity index (χ1) is 10.1. The molecule has 0 bridgehead atoms. The van der Waals surface area contributed by atoms with Crippen LogP contribution in [-0.4, -0.2) is 38.4 Å². The molecule has 0 aromatic heterocycles. The van der Waals surface area contributed by atoms with E-state index in [0.29, 0.717) is 23.1 Å². The van der Waals surface area contributed by atoms with Crippen molar-refractivity contribution in [1.29, 1.82) is 0 Å². The fraction of sp³-hybridized carbons (Fsp3) is 0.562. The summed E-state index contributed by atoms with van der Waals surface area (Å²) in [5, 5.41) is 3.82. The largest absolute Gasteiger partial charge is 0.384 e. The Bertz CT molecular complexity index is 548. The van der Waals surface area contributed by atoms with Crippen molar-refractivity contribution < 1.29 is 14.3 Å². The van der Waals surface area contributed by atoms with Gasteiger partial charge in [0.2, 0.25) is 0 Å². The van der Waals surface area contributed by atoms with E-state index in [1.807, 2.05) is 13.0 Å². The Labute approximate surface area is 129 Å². The first-order valence-corrected chi connectivity index (χ1v) is 7.67. The van der Waals surface area contributed by atoms with Gasteiger partial charge in [-0.3, -0.25) is 4.79 Å². The summed E-state index contributed by atoms with van der Waals surface area (Å²) in [7, 11) is 1.68. The summed E-state index contributed by atoms with van der Waals surface area (Å²) < 4.78 is 11.0. The smallest absolute Gasteiger partial charge is 0.251 e. The van der Waals surface area contributed by atoms with Crippen LogP contribution in [0, 0.1) is 18.8 Å². The first kappa shape index (κ1) is 14.8. The molecule has 2 fully saturated rings. The molecule has 1 aromatic carbocycles. The van der Waals surface area contributed by atoms with E-state index >= 15 is 0 Å². The zero-order chi connectivity index (χ0) is 15.0. The van der Waals surface area contributed by atoms with Crippen molar-refractivity contribution in [3.8, 4) is 0 Å². The number of carbonyl (C=O) groups excluding carboxylic acids is 1. The van der Waals surface area contributed by atoms with Crippen LogP contribution in [0.15, 0.2) is 18.2 Å². The third-order valence-corrected chi connectivity index (χ3v) is 5.03. The summed E-state index contributed by atoms with van der Waals surface area (Å²) in [4.78, 5) is 12.4. The van der Waals surface area contributed by atoms with E-state index in [-0.39, 0.29) is 24.0 Å². The zero-order valence-electron chi connectivity index (χ0n) is 12.3. The highest BCUT2D eigenvalue weighted by Crippen LogP contribution is 2.43. The number of benzene rings is 1. The summed E-state index contributed by atoms with van der Waals surface area (Å²) >= 11 is 6.00. The Morgan fingerprint density at radius 2 is 2.33 bits per heavy atom. The average molecular weight is 310 g/mol. The van der Waals surface area contributed by atoms with Crippen LogP contribution < -0.4 is 5.32 Å². The maximum atomic E-state index is 12.4. The Kier molecular flexibility index (Phi) is 4.20. The predicted molar refractivity (Wildman–Crippen MR) is 80.7 cm³/mol. The van der Waals surface area contributed by atoms with Crippen LogP contribution in [0.2, 0.25) is 5.02 Å². The van der Waals surface area contributed by atoms with Crippen LogP contribution in [0.4, 0.5) is 0 Å². The van der Waals surface area contributed by atoms with Gasteiger partial charge in [0.25, 0.3) is 5.91 Å². The number of amides is 1. The quantitative estimate of drug-likeness (QED) is 0.929. The van der Waals surface area contributed by atoms with Gasteiger partial charge in [-0.1, -0.05) is 11.6 Å². The van der Waals surface area contributed by atoms with Crippen molar-refractivity contribution >= 4 is 17.5 Å². The van der Waals surface area contributed by atoms with Gasteiger partial charge < -0.3 is 14.8 Å². The van der Waals surface area contributed by atoms with Gasteiger partial charge in [-0.15, -0.1) is 0 Å². The number of fused-ring (bicyclic) bond motifs is 1. The molecule has 0 unspecified atom stereocenters. The van der Waals surface area contributed by atoms with Crippen LogP contribution in [0.5, 0.6) is 0 Å².